The molecule has 1 fully saturated rings. The number of rotatable bonds is 5. The molecule has 0 radical (unpaired) electrons. The average Bonchev–Trinajstić information content (AvgIpc) is 2.96. The zero-order chi connectivity index (χ0) is 22.2. The molecule has 0 N–H and O–H groups in total. The SMILES string of the molecule is Cc1c(OC(C)C(=O)c2cnc(Cl)nc2)cc(/C=C2\SC(=O)N(C)C2=O)c(Br)c1F. The van der Waals surface area contributed by atoms with Crippen LogP contribution in [0.1, 0.15) is 28.4 Å². The molecule has 1 aromatic carbocycles. The number of carbonyl (C=O) groups excluding carboxylic acids is 3. The van der Waals surface area contributed by atoms with Crippen LogP contribution in [0.2, 0.25) is 5.28 Å². The summed E-state index contributed by atoms with van der Waals surface area (Å²) in [5, 5.41) is -0.414. The quantitative estimate of drug-likeness (QED) is 0.326. The van der Waals surface area contributed by atoms with Gasteiger partial charge in [0.05, 0.1) is 14.9 Å². The Morgan fingerprint density at radius 1 is 1.37 bits per heavy atom. The maximum absolute atomic E-state index is 14.8. The number of aromatic nitrogens is 2. The molecule has 0 saturated carbocycles. The Kier molecular flexibility index (Phi) is 6.59. The van der Waals surface area contributed by atoms with E-state index < -0.39 is 28.9 Å². The van der Waals surface area contributed by atoms with Crippen LogP contribution in [0.3, 0.4) is 0 Å². The first-order valence-corrected chi connectivity index (χ1v) is 10.5. The van der Waals surface area contributed by atoms with Crippen LogP contribution in [0.25, 0.3) is 6.08 Å². The number of hydrogen-bond donors (Lipinski definition) is 0. The Morgan fingerprint density at radius 2 is 2.00 bits per heavy atom. The van der Waals surface area contributed by atoms with Crippen LogP contribution in [0.5, 0.6) is 5.75 Å². The normalized spacial score (nSPS) is 16.3. The fraction of sp³-hybridized carbons (Fsp3) is 0.211. The van der Waals surface area contributed by atoms with Crippen molar-refractivity contribution in [2.45, 2.75) is 20.0 Å². The third kappa shape index (κ3) is 4.40. The Morgan fingerprint density at radius 3 is 2.57 bits per heavy atom. The molecule has 11 heteroatoms. The van der Waals surface area contributed by atoms with Gasteiger partial charge in [-0.05, 0) is 70.8 Å². The van der Waals surface area contributed by atoms with Gasteiger partial charge < -0.3 is 4.74 Å². The lowest BCUT2D eigenvalue weighted by atomic mass is 10.1. The standard InChI is InChI=1S/C19H14BrClFN3O4S/c1-8-12(29-9(2)16(26)11-6-23-18(21)24-7-11)4-10(14(20)15(8)22)5-13-17(27)25(3)19(28)30-13/h4-7,9H,1-3H3/b13-5-. The molecule has 2 heterocycles. The van der Waals surface area contributed by atoms with Gasteiger partial charge in [-0.15, -0.1) is 0 Å². The minimum absolute atomic E-state index is 0.00656. The second-order valence-electron chi connectivity index (χ2n) is 6.32. The van der Waals surface area contributed by atoms with Crippen LogP contribution in [0.15, 0.2) is 27.8 Å². The largest absolute Gasteiger partial charge is 0.482 e. The summed E-state index contributed by atoms with van der Waals surface area (Å²) in [4.78, 5) is 45.0. The van der Waals surface area contributed by atoms with Gasteiger partial charge in [0, 0.05) is 25.0 Å². The number of Topliss-reactive ketones (excluding diaryl/α,β-unsaturated/α-hetero) is 1. The molecule has 2 amide bonds. The van der Waals surface area contributed by atoms with E-state index in [1.54, 1.807) is 0 Å². The number of halogens is 3. The van der Waals surface area contributed by atoms with Crippen molar-refractivity contribution in [3.8, 4) is 5.75 Å². The van der Waals surface area contributed by atoms with Gasteiger partial charge >= 0.3 is 0 Å². The number of nitrogens with zero attached hydrogens (tertiary/aromatic N) is 3. The van der Waals surface area contributed by atoms with E-state index in [2.05, 4.69) is 25.9 Å². The van der Waals surface area contributed by atoms with Crippen LogP contribution in [-0.4, -0.2) is 44.9 Å². The van der Waals surface area contributed by atoms with Gasteiger partial charge in [-0.1, -0.05) is 0 Å². The number of likely N-dealkylation sites (N-methyl/N-ethyl adjacent to an activating group) is 1. The monoisotopic (exact) mass is 513 g/mol. The van der Waals surface area contributed by atoms with Crippen molar-refractivity contribution >= 4 is 62.3 Å². The van der Waals surface area contributed by atoms with Crippen molar-refractivity contribution in [1.82, 2.24) is 14.9 Å². The van der Waals surface area contributed by atoms with Crippen molar-refractivity contribution < 1.29 is 23.5 Å². The number of benzene rings is 1. The fourth-order valence-electron chi connectivity index (χ4n) is 2.54. The summed E-state index contributed by atoms with van der Waals surface area (Å²) in [6, 6.07) is 1.49. The third-order valence-corrected chi connectivity index (χ3v) is 6.24. The summed E-state index contributed by atoms with van der Waals surface area (Å²) < 4.78 is 20.6. The van der Waals surface area contributed by atoms with E-state index >= 15 is 0 Å². The zero-order valence-corrected chi connectivity index (χ0v) is 19.1. The molecule has 1 aliphatic heterocycles. The smallest absolute Gasteiger partial charge is 0.293 e. The van der Waals surface area contributed by atoms with Crippen LogP contribution < -0.4 is 4.74 Å². The Balaban J connectivity index is 1.92. The molecule has 1 aromatic heterocycles. The highest BCUT2D eigenvalue weighted by Gasteiger charge is 2.32. The number of hydrogen-bond acceptors (Lipinski definition) is 7. The summed E-state index contributed by atoms with van der Waals surface area (Å²) in [7, 11) is 1.37. The number of ketones is 1. The minimum atomic E-state index is -0.968. The third-order valence-electron chi connectivity index (χ3n) is 4.28. The molecule has 3 rings (SSSR count). The van der Waals surface area contributed by atoms with Crippen LogP contribution >= 0.6 is 39.3 Å². The lowest BCUT2D eigenvalue weighted by Gasteiger charge is -2.17. The minimum Gasteiger partial charge on any atom is -0.482 e. The lowest BCUT2D eigenvalue weighted by Crippen LogP contribution is -2.24. The van der Waals surface area contributed by atoms with E-state index in [1.807, 2.05) is 0 Å². The van der Waals surface area contributed by atoms with Gasteiger partial charge in [-0.2, -0.15) is 0 Å². The molecule has 2 aromatic rings. The molecule has 0 aliphatic carbocycles. The molecule has 0 bridgehead atoms. The van der Waals surface area contributed by atoms with Crippen molar-refractivity contribution in [3.05, 3.63) is 55.6 Å². The van der Waals surface area contributed by atoms with Crippen LogP contribution in [0.4, 0.5) is 9.18 Å². The zero-order valence-electron chi connectivity index (χ0n) is 15.9. The molecular formula is C19H14BrClFN3O4S. The first-order chi connectivity index (χ1) is 14.1. The lowest BCUT2D eigenvalue weighted by molar-refractivity contribution is -0.121. The number of imide groups is 1. The highest BCUT2D eigenvalue weighted by atomic mass is 79.9. The van der Waals surface area contributed by atoms with Gasteiger partial charge in [-0.25, -0.2) is 14.4 Å². The first kappa shape index (κ1) is 22.4. The van der Waals surface area contributed by atoms with E-state index in [9.17, 15) is 18.8 Å². The summed E-state index contributed by atoms with van der Waals surface area (Å²) in [5.74, 6) is -1.38. The van der Waals surface area contributed by atoms with Crippen molar-refractivity contribution in [2.24, 2.45) is 0 Å². The van der Waals surface area contributed by atoms with E-state index in [1.165, 1.54) is 45.4 Å². The van der Waals surface area contributed by atoms with Gasteiger partial charge in [-0.3, -0.25) is 19.3 Å². The molecule has 1 atom stereocenters. The van der Waals surface area contributed by atoms with E-state index in [0.29, 0.717) is 5.56 Å². The maximum atomic E-state index is 14.8. The van der Waals surface area contributed by atoms with Gasteiger partial charge in [0.2, 0.25) is 11.1 Å². The second-order valence-corrected chi connectivity index (χ2v) is 8.45. The van der Waals surface area contributed by atoms with Crippen molar-refractivity contribution in [2.75, 3.05) is 7.05 Å². The maximum Gasteiger partial charge on any atom is 0.293 e. The highest BCUT2D eigenvalue weighted by Crippen LogP contribution is 2.36. The summed E-state index contributed by atoms with van der Waals surface area (Å²) >= 11 is 9.55. The summed E-state index contributed by atoms with van der Waals surface area (Å²) in [5.41, 5.74) is 0.662. The fourth-order valence-corrected chi connectivity index (χ4v) is 3.99. The molecule has 1 saturated heterocycles. The molecule has 156 valence electrons. The van der Waals surface area contributed by atoms with Gasteiger partial charge in [0.15, 0.2) is 6.10 Å². The Bertz CT molecular complexity index is 1090. The van der Waals surface area contributed by atoms with E-state index in [0.717, 1.165) is 16.7 Å². The summed E-state index contributed by atoms with van der Waals surface area (Å²) in [6.45, 7) is 3.01. The van der Waals surface area contributed by atoms with Crippen molar-refractivity contribution in [1.29, 1.82) is 0 Å². The topological polar surface area (TPSA) is 89.5 Å². The molecule has 1 aliphatic rings. The number of amides is 2. The Labute approximate surface area is 188 Å². The van der Waals surface area contributed by atoms with Crippen LogP contribution in [-0.2, 0) is 4.79 Å². The summed E-state index contributed by atoms with van der Waals surface area (Å²) in [6.07, 6.45) is 2.98. The van der Waals surface area contributed by atoms with Gasteiger partial charge in [0.1, 0.15) is 11.6 Å². The molecular weight excluding hydrogens is 501 g/mol. The average molecular weight is 515 g/mol. The first-order valence-electron chi connectivity index (χ1n) is 8.48. The Hall–Kier alpha value is -2.30. The van der Waals surface area contributed by atoms with E-state index in [4.69, 9.17) is 16.3 Å². The second kappa shape index (κ2) is 8.83. The number of thioether (sulfide) groups is 1. The molecule has 0 spiro atoms. The van der Waals surface area contributed by atoms with Gasteiger partial charge in [0.25, 0.3) is 11.1 Å². The number of carbonyl (C=O) groups is 3. The molecule has 30 heavy (non-hydrogen) atoms. The van der Waals surface area contributed by atoms with Crippen LogP contribution in [0, 0.1) is 12.7 Å². The number of ether oxygens (including phenoxy) is 1. The predicted octanol–water partition coefficient (Wildman–Crippen LogP) is 4.66. The molecule has 1 unspecified atom stereocenters. The van der Waals surface area contributed by atoms with Crippen molar-refractivity contribution in [3.63, 3.8) is 0 Å². The molecule has 7 nitrogen and oxygen atoms in total. The predicted molar refractivity (Wildman–Crippen MR) is 114 cm³/mol. The highest BCUT2D eigenvalue weighted by molar-refractivity contribution is 9.10. The van der Waals surface area contributed by atoms with E-state index in [-0.39, 0.29) is 31.5 Å².